The van der Waals surface area contributed by atoms with E-state index in [1.54, 1.807) is 6.20 Å². The van der Waals surface area contributed by atoms with Crippen LogP contribution in [0.3, 0.4) is 0 Å². The molecule has 0 aliphatic heterocycles. The predicted octanol–water partition coefficient (Wildman–Crippen LogP) is 2.99. The van der Waals surface area contributed by atoms with E-state index in [0.29, 0.717) is 18.2 Å². The molecule has 0 fully saturated rings. The summed E-state index contributed by atoms with van der Waals surface area (Å²) in [5.74, 6) is 1.97. The van der Waals surface area contributed by atoms with Gasteiger partial charge in [0.1, 0.15) is 0 Å². The van der Waals surface area contributed by atoms with Crippen LogP contribution in [0.2, 0.25) is 0 Å². The lowest BCUT2D eigenvalue weighted by atomic mass is 10.3. The van der Waals surface area contributed by atoms with Crippen molar-refractivity contribution in [1.29, 1.82) is 0 Å². The molecule has 1 aromatic carbocycles. The molecular weight excluding hydrogens is 240 g/mol. The Balaban J connectivity index is 2.12. The summed E-state index contributed by atoms with van der Waals surface area (Å²) in [5, 5.41) is 3.08. The van der Waals surface area contributed by atoms with Crippen LogP contribution in [-0.4, -0.2) is 18.6 Å². The molecular formula is C15H18N2O2. The lowest BCUT2D eigenvalue weighted by molar-refractivity contribution is 0.319. The fourth-order valence-corrected chi connectivity index (χ4v) is 1.70. The van der Waals surface area contributed by atoms with E-state index in [9.17, 15) is 0 Å². The SMILES string of the molecule is CCOc1ccccc1Oc1ccc(CNC)cn1. The summed E-state index contributed by atoms with van der Waals surface area (Å²) in [5.41, 5.74) is 1.12. The molecule has 1 heterocycles. The number of ether oxygens (including phenoxy) is 2. The van der Waals surface area contributed by atoms with Crippen LogP contribution in [0.5, 0.6) is 17.4 Å². The van der Waals surface area contributed by atoms with E-state index >= 15 is 0 Å². The van der Waals surface area contributed by atoms with Crippen LogP contribution < -0.4 is 14.8 Å². The molecule has 4 nitrogen and oxygen atoms in total. The summed E-state index contributed by atoms with van der Waals surface area (Å²) in [6.07, 6.45) is 1.80. The molecule has 19 heavy (non-hydrogen) atoms. The Morgan fingerprint density at radius 3 is 2.53 bits per heavy atom. The second-order valence-electron chi connectivity index (χ2n) is 4.02. The molecule has 4 heteroatoms. The van der Waals surface area contributed by atoms with Gasteiger partial charge in [-0.05, 0) is 31.7 Å². The van der Waals surface area contributed by atoms with Crippen molar-refractivity contribution in [3.63, 3.8) is 0 Å². The van der Waals surface area contributed by atoms with Crippen molar-refractivity contribution in [3.8, 4) is 17.4 Å². The van der Waals surface area contributed by atoms with E-state index in [1.807, 2.05) is 50.4 Å². The van der Waals surface area contributed by atoms with E-state index in [2.05, 4.69) is 10.3 Å². The summed E-state index contributed by atoms with van der Waals surface area (Å²) in [6, 6.07) is 11.4. The number of aromatic nitrogens is 1. The molecule has 1 N–H and O–H groups in total. The van der Waals surface area contributed by atoms with Crippen molar-refractivity contribution in [2.24, 2.45) is 0 Å². The van der Waals surface area contributed by atoms with Crippen molar-refractivity contribution >= 4 is 0 Å². The minimum atomic E-state index is 0.562. The summed E-state index contributed by atoms with van der Waals surface area (Å²) in [4.78, 5) is 4.28. The van der Waals surface area contributed by atoms with E-state index in [1.165, 1.54) is 0 Å². The highest BCUT2D eigenvalue weighted by Gasteiger charge is 2.05. The first kappa shape index (κ1) is 13.4. The van der Waals surface area contributed by atoms with Crippen LogP contribution in [0.25, 0.3) is 0 Å². The quantitative estimate of drug-likeness (QED) is 0.865. The molecule has 0 radical (unpaired) electrons. The summed E-state index contributed by atoms with van der Waals surface area (Å²) < 4.78 is 11.2. The third kappa shape index (κ3) is 3.69. The number of hydrogen-bond acceptors (Lipinski definition) is 4. The van der Waals surface area contributed by atoms with Crippen LogP contribution in [0, 0.1) is 0 Å². The number of nitrogens with zero attached hydrogens (tertiary/aromatic N) is 1. The molecule has 0 spiro atoms. The highest BCUT2D eigenvalue weighted by Crippen LogP contribution is 2.30. The smallest absolute Gasteiger partial charge is 0.219 e. The van der Waals surface area contributed by atoms with Gasteiger partial charge in [0.25, 0.3) is 0 Å². The fourth-order valence-electron chi connectivity index (χ4n) is 1.70. The largest absolute Gasteiger partial charge is 0.490 e. The van der Waals surface area contributed by atoms with Gasteiger partial charge in [-0.2, -0.15) is 0 Å². The highest BCUT2D eigenvalue weighted by molar-refractivity contribution is 5.41. The maximum Gasteiger partial charge on any atom is 0.219 e. The van der Waals surface area contributed by atoms with Crippen LogP contribution in [0.15, 0.2) is 42.6 Å². The van der Waals surface area contributed by atoms with Gasteiger partial charge in [0.15, 0.2) is 11.5 Å². The van der Waals surface area contributed by atoms with Gasteiger partial charge >= 0.3 is 0 Å². The molecule has 2 aromatic rings. The van der Waals surface area contributed by atoms with E-state index in [4.69, 9.17) is 9.47 Å². The molecule has 0 saturated carbocycles. The molecule has 1 aromatic heterocycles. The van der Waals surface area contributed by atoms with Crippen molar-refractivity contribution in [1.82, 2.24) is 10.3 Å². The number of hydrogen-bond donors (Lipinski definition) is 1. The van der Waals surface area contributed by atoms with Gasteiger partial charge in [0.05, 0.1) is 6.61 Å². The number of rotatable bonds is 6. The first-order chi connectivity index (χ1) is 9.33. The van der Waals surface area contributed by atoms with Crippen LogP contribution in [-0.2, 0) is 6.54 Å². The fraction of sp³-hybridized carbons (Fsp3) is 0.267. The Hall–Kier alpha value is -2.07. The topological polar surface area (TPSA) is 43.4 Å². The maximum absolute atomic E-state index is 5.74. The average molecular weight is 258 g/mol. The Morgan fingerprint density at radius 1 is 1.11 bits per heavy atom. The number of pyridine rings is 1. The van der Waals surface area contributed by atoms with Crippen molar-refractivity contribution in [2.45, 2.75) is 13.5 Å². The molecule has 0 bridgehead atoms. The van der Waals surface area contributed by atoms with Gasteiger partial charge < -0.3 is 14.8 Å². The predicted molar refractivity (Wildman–Crippen MR) is 74.7 cm³/mol. The van der Waals surface area contributed by atoms with E-state index < -0.39 is 0 Å². The number of nitrogens with one attached hydrogen (secondary N) is 1. The maximum atomic E-state index is 5.74. The van der Waals surface area contributed by atoms with Gasteiger partial charge in [0.2, 0.25) is 5.88 Å². The van der Waals surface area contributed by atoms with E-state index in [0.717, 1.165) is 17.9 Å². The first-order valence-corrected chi connectivity index (χ1v) is 6.32. The summed E-state index contributed by atoms with van der Waals surface area (Å²) >= 11 is 0. The monoisotopic (exact) mass is 258 g/mol. The van der Waals surface area contributed by atoms with Gasteiger partial charge in [0, 0.05) is 18.8 Å². The van der Waals surface area contributed by atoms with Gasteiger partial charge in [-0.25, -0.2) is 4.98 Å². The lowest BCUT2D eigenvalue weighted by Gasteiger charge is -2.10. The summed E-state index contributed by atoms with van der Waals surface area (Å²) in [6.45, 7) is 3.35. The second-order valence-corrected chi connectivity index (χ2v) is 4.02. The third-order valence-corrected chi connectivity index (χ3v) is 2.54. The number of para-hydroxylation sites is 2. The normalized spacial score (nSPS) is 10.2. The van der Waals surface area contributed by atoms with Crippen LogP contribution in [0.4, 0.5) is 0 Å². The lowest BCUT2D eigenvalue weighted by Crippen LogP contribution is -2.05. The molecule has 0 aliphatic carbocycles. The molecule has 100 valence electrons. The second kappa shape index (κ2) is 6.75. The molecule has 0 aliphatic rings. The van der Waals surface area contributed by atoms with Crippen molar-refractivity contribution in [3.05, 3.63) is 48.2 Å². The minimum absolute atomic E-state index is 0.562. The zero-order valence-corrected chi connectivity index (χ0v) is 11.2. The molecule has 0 unspecified atom stereocenters. The number of benzene rings is 1. The van der Waals surface area contributed by atoms with Gasteiger partial charge in [-0.3, -0.25) is 0 Å². The Labute approximate surface area is 113 Å². The first-order valence-electron chi connectivity index (χ1n) is 6.32. The van der Waals surface area contributed by atoms with E-state index in [-0.39, 0.29) is 0 Å². The highest BCUT2D eigenvalue weighted by atomic mass is 16.5. The minimum Gasteiger partial charge on any atom is -0.490 e. The van der Waals surface area contributed by atoms with Gasteiger partial charge in [-0.15, -0.1) is 0 Å². The standard InChI is InChI=1S/C15H18N2O2/c1-3-18-13-6-4-5-7-14(13)19-15-9-8-12(10-16-2)11-17-15/h4-9,11,16H,3,10H2,1-2H3. The van der Waals surface area contributed by atoms with Crippen LogP contribution in [0.1, 0.15) is 12.5 Å². The molecule has 2 rings (SSSR count). The molecule has 0 atom stereocenters. The van der Waals surface area contributed by atoms with Crippen molar-refractivity contribution < 1.29 is 9.47 Å². The molecule has 0 saturated heterocycles. The Morgan fingerprint density at radius 2 is 1.89 bits per heavy atom. The zero-order chi connectivity index (χ0) is 13.5. The third-order valence-electron chi connectivity index (χ3n) is 2.54. The summed E-state index contributed by atoms with van der Waals surface area (Å²) in [7, 11) is 1.91. The Bertz CT molecular complexity index is 512. The average Bonchev–Trinajstić information content (AvgIpc) is 2.44. The Kier molecular flexibility index (Phi) is 4.75. The van der Waals surface area contributed by atoms with Crippen LogP contribution >= 0.6 is 0 Å². The van der Waals surface area contributed by atoms with Crippen molar-refractivity contribution in [2.75, 3.05) is 13.7 Å². The molecule has 0 amide bonds. The van der Waals surface area contributed by atoms with Gasteiger partial charge in [-0.1, -0.05) is 18.2 Å². The zero-order valence-electron chi connectivity index (χ0n) is 11.2.